The zero-order valence-corrected chi connectivity index (χ0v) is 9.99. The molecule has 78 valence electrons. The van der Waals surface area contributed by atoms with E-state index in [2.05, 4.69) is 0 Å². The molecule has 0 atom stereocenters. The van der Waals surface area contributed by atoms with Crippen molar-refractivity contribution in [2.45, 2.75) is 26.7 Å². The maximum Gasteiger partial charge on any atom is 0.155 e. The van der Waals surface area contributed by atoms with Crippen LogP contribution in [0.5, 0.6) is 0 Å². The molecule has 0 aromatic rings. The van der Waals surface area contributed by atoms with Crippen molar-refractivity contribution in [2.24, 2.45) is 0 Å². The fraction of sp³-hybridized carbons (Fsp3) is 0.400. The molecule has 0 N–H and O–H groups in total. The largest absolute Gasteiger partial charge is 0.295 e. The summed E-state index contributed by atoms with van der Waals surface area (Å²) in [5.74, 6) is 0.235. The highest BCUT2D eigenvalue weighted by Crippen LogP contribution is 2.23. The van der Waals surface area contributed by atoms with E-state index in [0.29, 0.717) is 12.8 Å². The maximum absolute atomic E-state index is 10.8. The molecule has 0 aliphatic heterocycles. The molecular formula is C10H14O2S2. The van der Waals surface area contributed by atoms with E-state index in [1.807, 2.05) is 13.8 Å². The van der Waals surface area contributed by atoms with Gasteiger partial charge in [-0.25, -0.2) is 0 Å². The molecule has 0 saturated carbocycles. The summed E-state index contributed by atoms with van der Waals surface area (Å²) in [6, 6.07) is 0. The minimum Gasteiger partial charge on any atom is -0.295 e. The Labute approximate surface area is 92.6 Å². The van der Waals surface area contributed by atoms with Crippen molar-refractivity contribution in [1.82, 2.24) is 0 Å². The smallest absolute Gasteiger partial charge is 0.155 e. The number of hydrogen-bond acceptors (Lipinski definition) is 4. The van der Waals surface area contributed by atoms with E-state index < -0.39 is 0 Å². The minimum absolute atomic E-state index is 0.117. The van der Waals surface area contributed by atoms with Crippen LogP contribution in [0.2, 0.25) is 0 Å². The van der Waals surface area contributed by atoms with Crippen molar-refractivity contribution in [3.8, 4) is 0 Å². The van der Waals surface area contributed by atoms with E-state index in [1.54, 1.807) is 23.0 Å². The van der Waals surface area contributed by atoms with Crippen LogP contribution in [-0.2, 0) is 9.59 Å². The number of allylic oxidation sites excluding steroid dienone is 2. The first kappa shape index (κ1) is 13.5. The molecule has 4 heteroatoms. The first-order valence-corrected chi connectivity index (χ1v) is 6.69. The lowest BCUT2D eigenvalue weighted by Crippen LogP contribution is -1.85. The van der Waals surface area contributed by atoms with Crippen LogP contribution in [-0.4, -0.2) is 11.6 Å². The number of hydrogen-bond donors (Lipinski definition) is 0. The van der Waals surface area contributed by atoms with Crippen molar-refractivity contribution in [3.05, 3.63) is 23.0 Å². The molecule has 0 aliphatic rings. The molecule has 0 unspecified atom stereocenters. The summed E-state index contributed by atoms with van der Waals surface area (Å²) >= 11 is 0. The van der Waals surface area contributed by atoms with Crippen molar-refractivity contribution in [3.63, 3.8) is 0 Å². The lowest BCUT2D eigenvalue weighted by Gasteiger charge is -1.87. The van der Waals surface area contributed by atoms with Gasteiger partial charge >= 0.3 is 0 Å². The van der Waals surface area contributed by atoms with Crippen molar-refractivity contribution < 1.29 is 9.59 Å². The second-order valence-electron chi connectivity index (χ2n) is 2.44. The van der Waals surface area contributed by atoms with Gasteiger partial charge < -0.3 is 0 Å². The number of ketones is 2. The van der Waals surface area contributed by atoms with Crippen molar-refractivity contribution >= 4 is 33.2 Å². The molecule has 0 heterocycles. The fourth-order valence-corrected chi connectivity index (χ4v) is 1.77. The Hall–Kier alpha value is -0.480. The molecule has 14 heavy (non-hydrogen) atoms. The van der Waals surface area contributed by atoms with Crippen LogP contribution < -0.4 is 0 Å². The van der Waals surface area contributed by atoms with Crippen LogP contribution in [0.25, 0.3) is 0 Å². The second kappa shape index (κ2) is 9.09. The Morgan fingerprint density at radius 3 is 1.57 bits per heavy atom. The number of carbonyl (C=O) groups is 2. The Morgan fingerprint density at radius 2 is 1.29 bits per heavy atom. The molecule has 0 radical (unpaired) electrons. The van der Waals surface area contributed by atoms with Crippen molar-refractivity contribution in [1.29, 1.82) is 0 Å². The van der Waals surface area contributed by atoms with Crippen LogP contribution in [0.1, 0.15) is 26.7 Å². The third kappa shape index (κ3) is 8.13. The molecule has 0 aromatic heterocycles. The van der Waals surface area contributed by atoms with Gasteiger partial charge in [0.1, 0.15) is 0 Å². The van der Waals surface area contributed by atoms with Gasteiger partial charge in [0.15, 0.2) is 11.6 Å². The molecular weight excluding hydrogens is 216 g/mol. The van der Waals surface area contributed by atoms with Gasteiger partial charge in [-0.3, -0.25) is 9.59 Å². The standard InChI is InChI=1S/C10H14O2S2/c1-3-9(11)5-7-13-14-8-6-10(12)4-2/h5-8H,3-4H2,1-2H3. The van der Waals surface area contributed by atoms with Crippen LogP contribution in [0.15, 0.2) is 23.0 Å². The van der Waals surface area contributed by atoms with Gasteiger partial charge in [-0.05, 0) is 23.0 Å². The molecule has 0 spiro atoms. The topological polar surface area (TPSA) is 34.1 Å². The van der Waals surface area contributed by atoms with E-state index in [0.717, 1.165) is 0 Å². The van der Waals surface area contributed by atoms with Crippen molar-refractivity contribution in [2.75, 3.05) is 0 Å². The Bertz CT molecular complexity index is 219. The molecule has 0 rings (SSSR count). The summed E-state index contributed by atoms with van der Waals surface area (Å²) in [6.45, 7) is 3.65. The molecule has 0 amide bonds. The van der Waals surface area contributed by atoms with E-state index in [-0.39, 0.29) is 11.6 Å². The summed E-state index contributed by atoms with van der Waals surface area (Å²) in [5.41, 5.74) is 0. The van der Waals surface area contributed by atoms with Gasteiger partial charge in [0.05, 0.1) is 0 Å². The van der Waals surface area contributed by atoms with Gasteiger partial charge in [0, 0.05) is 12.8 Å². The SMILES string of the molecule is CCC(=O)C=CSSC=CC(=O)CC. The predicted octanol–water partition coefficient (Wildman–Crippen LogP) is 3.35. The lowest BCUT2D eigenvalue weighted by molar-refractivity contribution is -0.115. The second-order valence-corrected chi connectivity index (χ2v) is 4.52. The van der Waals surface area contributed by atoms with Crippen LogP contribution in [0.4, 0.5) is 0 Å². The molecule has 0 bridgehead atoms. The van der Waals surface area contributed by atoms with E-state index in [4.69, 9.17) is 0 Å². The van der Waals surface area contributed by atoms with Gasteiger partial charge in [0.2, 0.25) is 0 Å². The first-order chi connectivity index (χ1) is 6.70. The molecule has 2 nitrogen and oxygen atoms in total. The summed E-state index contributed by atoms with van der Waals surface area (Å²) in [4.78, 5) is 21.6. The van der Waals surface area contributed by atoms with Crippen LogP contribution in [0, 0.1) is 0 Å². The highest BCUT2D eigenvalue weighted by molar-refractivity contribution is 8.78. The maximum atomic E-state index is 10.8. The Morgan fingerprint density at radius 1 is 0.929 bits per heavy atom. The monoisotopic (exact) mass is 230 g/mol. The lowest BCUT2D eigenvalue weighted by atomic mass is 10.3. The Kier molecular flexibility index (Phi) is 8.78. The number of carbonyl (C=O) groups excluding carboxylic acids is 2. The quantitative estimate of drug-likeness (QED) is 0.381. The highest BCUT2D eigenvalue weighted by Gasteiger charge is 1.89. The minimum atomic E-state index is 0.117. The molecule has 0 saturated heterocycles. The van der Waals surface area contributed by atoms with Crippen LogP contribution >= 0.6 is 21.6 Å². The zero-order chi connectivity index (χ0) is 10.8. The molecule has 0 aromatic carbocycles. The summed E-state index contributed by atoms with van der Waals surface area (Å²) in [7, 11) is 2.85. The average molecular weight is 230 g/mol. The Balaban J connectivity index is 3.56. The van der Waals surface area contributed by atoms with E-state index >= 15 is 0 Å². The number of rotatable bonds is 7. The van der Waals surface area contributed by atoms with E-state index in [1.165, 1.54) is 21.6 Å². The average Bonchev–Trinajstić information content (AvgIpc) is 2.22. The van der Waals surface area contributed by atoms with E-state index in [9.17, 15) is 9.59 Å². The summed E-state index contributed by atoms with van der Waals surface area (Å²) in [6.07, 6.45) is 4.16. The van der Waals surface area contributed by atoms with Crippen LogP contribution in [0.3, 0.4) is 0 Å². The highest BCUT2D eigenvalue weighted by atomic mass is 33.1. The molecule has 0 aliphatic carbocycles. The normalized spacial score (nSPS) is 11.3. The van der Waals surface area contributed by atoms with Gasteiger partial charge in [-0.15, -0.1) is 0 Å². The fourth-order valence-electron chi connectivity index (χ4n) is 0.507. The van der Waals surface area contributed by atoms with Gasteiger partial charge in [0.25, 0.3) is 0 Å². The van der Waals surface area contributed by atoms with Gasteiger partial charge in [-0.1, -0.05) is 35.4 Å². The molecule has 0 fully saturated rings. The predicted molar refractivity (Wildman–Crippen MR) is 64.1 cm³/mol. The zero-order valence-electron chi connectivity index (χ0n) is 8.36. The summed E-state index contributed by atoms with van der Waals surface area (Å²) in [5, 5.41) is 3.47. The third-order valence-corrected chi connectivity index (χ3v) is 2.98. The van der Waals surface area contributed by atoms with Gasteiger partial charge in [-0.2, -0.15) is 0 Å². The third-order valence-electron chi connectivity index (χ3n) is 1.37. The summed E-state index contributed by atoms with van der Waals surface area (Å²) < 4.78 is 0. The first-order valence-electron chi connectivity index (χ1n) is 4.41.